The molecule has 0 spiro atoms. The minimum Gasteiger partial charge on any atom is -0.494 e. The molecule has 0 bridgehead atoms. The van der Waals surface area contributed by atoms with Gasteiger partial charge in [0.2, 0.25) is 5.88 Å². The van der Waals surface area contributed by atoms with Gasteiger partial charge in [-0.05, 0) is 24.6 Å². The third-order valence-electron chi connectivity index (χ3n) is 3.62. The molecule has 1 aromatic carbocycles. The van der Waals surface area contributed by atoms with Crippen molar-refractivity contribution >= 4 is 16.9 Å². The molecule has 7 nitrogen and oxygen atoms in total. The number of nitrogen functional groups attached to an aromatic ring is 1. The van der Waals surface area contributed by atoms with Gasteiger partial charge < -0.3 is 20.3 Å². The molecule has 130 valence electrons. The Labute approximate surface area is 145 Å². The summed E-state index contributed by atoms with van der Waals surface area (Å²) in [7, 11) is 0. The van der Waals surface area contributed by atoms with Crippen molar-refractivity contribution in [1.82, 2.24) is 14.5 Å². The maximum atomic E-state index is 10.2. The Morgan fingerprint density at radius 3 is 2.88 bits per heavy atom. The van der Waals surface area contributed by atoms with Crippen LogP contribution in [0.3, 0.4) is 0 Å². The lowest BCUT2D eigenvalue weighted by Crippen LogP contribution is -2.02. The first-order valence-electron chi connectivity index (χ1n) is 7.93. The topological polar surface area (TPSA) is 95.4 Å². The highest BCUT2D eigenvalue weighted by atomic mass is 16.5. The van der Waals surface area contributed by atoms with Crippen molar-refractivity contribution in [2.45, 2.75) is 13.5 Å². The van der Waals surface area contributed by atoms with Crippen molar-refractivity contribution in [3.05, 3.63) is 48.6 Å². The van der Waals surface area contributed by atoms with E-state index in [0.29, 0.717) is 36.7 Å². The lowest BCUT2D eigenvalue weighted by molar-refractivity contribution is 0.339. The van der Waals surface area contributed by atoms with Crippen LogP contribution in [-0.4, -0.2) is 32.9 Å². The zero-order chi connectivity index (χ0) is 17.8. The number of fused-ring (bicyclic) bond motifs is 1. The fourth-order valence-electron chi connectivity index (χ4n) is 2.57. The van der Waals surface area contributed by atoms with Crippen molar-refractivity contribution in [2.24, 2.45) is 0 Å². The van der Waals surface area contributed by atoms with E-state index in [0.717, 1.165) is 11.3 Å². The summed E-state index contributed by atoms with van der Waals surface area (Å²) in [6.07, 6.45) is 1.62. The zero-order valence-electron chi connectivity index (χ0n) is 14.0. The Kier molecular flexibility index (Phi) is 4.74. The molecule has 3 rings (SSSR count). The Morgan fingerprint density at radius 1 is 1.28 bits per heavy atom. The number of hydrogen-bond acceptors (Lipinski definition) is 6. The fourth-order valence-corrected chi connectivity index (χ4v) is 2.57. The van der Waals surface area contributed by atoms with Crippen molar-refractivity contribution in [3.63, 3.8) is 0 Å². The average molecular weight is 340 g/mol. The highest BCUT2D eigenvalue weighted by Crippen LogP contribution is 2.28. The number of nitrogens with two attached hydrogens (primary N) is 1. The standard InChI is InChI=1S/C18H20N4O3/c1-3-8-25-15-10-14-16(17(19)20-15)21-18(23)22(14)11-12-6-5-7-13(9-12)24-4-2/h3,5-7,9-10H,1,4,8,11H2,2H3,(H2,19,20)(H,21,23). The molecule has 7 heteroatoms. The van der Waals surface area contributed by atoms with Gasteiger partial charge in [-0.25, -0.2) is 0 Å². The normalized spacial score (nSPS) is 10.8. The molecule has 0 radical (unpaired) electrons. The smallest absolute Gasteiger partial charge is 0.295 e. The van der Waals surface area contributed by atoms with Crippen molar-refractivity contribution < 1.29 is 14.6 Å². The molecule has 2 aromatic heterocycles. The molecule has 0 atom stereocenters. The highest BCUT2D eigenvalue weighted by Gasteiger charge is 2.15. The van der Waals surface area contributed by atoms with Crippen LogP contribution >= 0.6 is 0 Å². The minimum atomic E-state index is -0.133. The maximum absolute atomic E-state index is 10.2. The van der Waals surface area contributed by atoms with Crippen LogP contribution in [0, 0.1) is 0 Å². The van der Waals surface area contributed by atoms with E-state index in [2.05, 4.69) is 16.5 Å². The third kappa shape index (κ3) is 3.50. The first kappa shape index (κ1) is 16.6. The fraction of sp³-hybridized carbons (Fsp3) is 0.222. The van der Waals surface area contributed by atoms with Crippen LogP contribution in [0.1, 0.15) is 12.5 Å². The summed E-state index contributed by atoms with van der Waals surface area (Å²) < 4.78 is 12.6. The number of benzene rings is 1. The van der Waals surface area contributed by atoms with E-state index >= 15 is 0 Å². The van der Waals surface area contributed by atoms with Crippen LogP contribution < -0.4 is 15.2 Å². The molecule has 0 amide bonds. The van der Waals surface area contributed by atoms with E-state index in [1.54, 1.807) is 16.7 Å². The molecule has 25 heavy (non-hydrogen) atoms. The van der Waals surface area contributed by atoms with Gasteiger partial charge in [-0.2, -0.15) is 9.97 Å². The molecular weight excluding hydrogens is 320 g/mol. The van der Waals surface area contributed by atoms with Gasteiger partial charge >= 0.3 is 0 Å². The van der Waals surface area contributed by atoms with Crippen LogP contribution in [0.2, 0.25) is 0 Å². The summed E-state index contributed by atoms with van der Waals surface area (Å²) in [5.41, 5.74) is 7.99. The van der Waals surface area contributed by atoms with Crippen LogP contribution in [0.15, 0.2) is 43.0 Å². The van der Waals surface area contributed by atoms with Gasteiger partial charge in [0.05, 0.1) is 18.7 Å². The largest absolute Gasteiger partial charge is 0.494 e. The Bertz CT molecular complexity index is 905. The van der Waals surface area contributed by atoms with Gasteiger partial charge in [0.15, 0.2) is 5.82 Å². The number of aromatic hydroxyl groups is 1. The Balaban J connectivity index is 2.00. The van der Waals surface area contributed by atoms with Crippen LogP contribution in [0.5, 0.6) is 17.6 Å². The van der Waals surface area contributed by atoms with E-state index in [-0.39, 0.29) is 11.8 Å². The lowest BCUT2D eigenvalue weighted by atomic mass is 10.2. The first-order chi connectivity index (χ1) is 12.1. The van der Waals surface area contributed by atoms with E-state index in [1.807, 2.05) is 31.2 Å². The number of anilines is 1. The summed E-state index contributed by atoms with van der Waals surface area (Å²) >= 11 is 0. The van der Waals surface area contributed by atoms with Gasteiger partial charge in [0.1, 0.15) is 17.9 Å². The first-order valence-corrected chi connectivity index (χ1v) is 7.93. The summed E-state index contributed by atoms with van der Waals surface area (Å²) in [5.74, 6) is 1.34. The van der Waals surface area contributed by atoms with Gasteiger partial charge in [0, 0.05) is 6.07 Å². The zero-order valence-corrected chi connectivity index (χ0v) is 14.0. The molecule has 0 saturated carbocycles. The predicted molar refractivity (Wildman–Crippen MR) is 96.0 cm³/mol. The number of rotatable bonds is 7. The van der Waals surface area contributed by atoms with Gasteiger partial charge in [0.25, 0.3) is 6.01 Å². The molecule has 0 fully saturated rings. The SMILES string of the molecule is C=CCOc1cc2c(nc(O)n2Cc2cccc(OCC)c2)c(N)n1. The molecule has 0 aliphatic carbocycles. The second-order valence-electron chi connectivity index (χ2n) is 5.39. The summed E-state index contributed by atoms with van der Waals surface area (Å²) in [6.45, 7) is 6.86. The molecular formula is C18H20N4O3. The van der Waals surface area contributed by atoms with Crippen LogP contribution in [0.25, 0.3) is 11.0 Å². The third-order valence-corrected chi connectivity index (χ3v) is 3.62. The molecule has 0 aliphatic rings. The van der Waals surface area contributed by atoms with Crippen LogP contribution in [-0.2, 0) is 6.54 Å². The summed E-state index contributed by atoms with van der Waals surface area (Å²) in [4.78, 5) is 8.25. The molecule has 2 heterocycles. The maximum Gasteiger partial charge on any atom is 0.295 e. The Morgan fingerprint density at radius 2 is 2.12 bits per heavy atom. The number of pyridine rings is 1. The van der Waals surface area contributed by atoms with E-state index in [4.69, 9.17) is 15.2 Å². The highest BCUT2D eigenvalue weighted by molar-refractivity contribution is 5.87. The Hall–Kier alpha value is -3.22. The predicted octanol–water partition coefficient (Wildman–Crippen LogP) is 2.73. The summed E-state index contributed by atoms with van der Waals surface area (Å²) in [6, 6.07) is 9.25. The summed E-state index contributed by atoms with van der Waals surface area (Å²) in [5, 5.41) is 10.2. The molecule has 0 saturated heterocycles. The molecule has 0 aliphatic heterocycles. The molecule has 3 aromatic rings. The molecule has 3 N–H and O–H groups in total. The van der Waals surface area contributed by atoms with Gasteiger partial charge in [-0.15, -0.1) is 0 Å². The number of imidazole rings is 1. The van der Waals surface area contributed by atoms with Crippen molar-refractivity contribution in [1.29, 1.82) is 0 Å². The minimum absolute atomic E-state index is 0.133. The van der Waals surface area contributed by atoms with E-state index < -0.39 is 0 Å². The van der Waals surface area contributed by atoms with E-state index in [9.17, 15) is 5.11 Å². The number of ether oxygens (including phenoxy) is 2. The second kappa shape index (κ2) is 7.12. The number of hydrogen-bond donors (Lipinski definition) is 2. The number of nitrogens with zero attached hydrogens (tertiary/aromatic N) is 3. The van der Waals surface area contributed by atoms with E-state index in [1.165, 1.54) is 0 Å². The van der Waals surface area contributed by atoms with Gasteiger partial charge in [-0.1, -0.05) is 24.8 Å². The molecule has 0 unspecified atom stereocenters. The quantitative estimate of drug-likeness (QED) is 0.642. The average Bonchev–Trinajstić information content (AvgIpc) is 2.90. The van der Waals surface area contributed by atoms with Gasteiger partial charge in [-0.3, -0.25) is 4.57 Å². The monoisotopic (exact) mass is 340 g/mol. The number of aromatic nitrogens is 3. The lowest BCUT2D eigenvalue weighted by Gasteiger charge is -2.09. The van der Waals surface area contributed by atoms with Crippen molar-refractivity contribution in [2.75, 3.05) is 18.9 Å². The second-order valence-corrected chi connectivity index (χ2v) is 5.39. The van der Waals surface area contributed by atoms with Crippen molar-refractivity contribution in [3.8, 4) is 17.6 Å². The van der Waals surface area contributed by atoms with Crippen LogP contribution in [0.4, 0.5) is 5.82 Å².